The summed E-state index contributed by atoms with van der Waals surface area (Å²) in [6.07, 6.45) is 1.41. The fourth-order valence-corrected chi connectivity index (χ4v) is 3.66. The van der Waals surface area contributed by atoms with Crippen LogP contribution in [0.15, 0.2) is 18.2 Å². The van der Waals surface area contributed by atoms with Gasteiger partial charge in [0.1, 0.15) is 5.82 Å². The van der Waals surface area contributed by atoms with E-state index in [4.69, 9.17) is 16.3 Å². The van der Waals surface area contributed by atoms with Crippen LogP contribution in [0.3, 0.4) is 0 Å². The van der Waals surface area contributed by atoms with E-state index in [0.717, 1.165) is 18.7 Å². The first-order chi connectivity index (χ1) is 8.48. The van der Waals surface area contributed by atoms with Crippen molar-refractivity contribution in [2.45, 2.75) is 32.4 Å². The van der Waals surface area contributed by atoms with Crippen LogP contribution >= 0.6 is 11.6 Å². The summed E-state index contributed by atoms with van der Waals surface area (Å²) in [7, 11) is 0. The minimum atomic E-state index is -0.304. The third-order valence-electron chi connectivity index (χ3n) is 4.29. The van der Waals surface area contributed by atoms with E-state index in [0.29, 0.717) is 23.1 Å². The predicted octanol–water partition coefficient (Wildman–Crippen LogP) is 3.70. The number of nitrogens with one attached hydrogen (secondary N) is 1. The molecule has 1 aliphatic heterocycles. The van der Waals surface area contributed by atoms with Crippen molar-refractivity contribution in [3.8, 4) is 0 Å². The number of rotatable bonds is 2. The van der Waals surface area contributed by atoms with Crippen LogP contribution < -0.4 is 5.32 Å². The maximum atomic E-state index is 13.3. The maximum absolute atomic E-state index is 13.3. The zero-order valence-electron chi connectivity index (χ0n) is 10.5. The Morgan fingerprint density at radius 2 is 2.17 bits per heavy atom. The summed E-state index contributed by atoms with van der Waals surface area (Å²) in [4.78, 5) is 0. The van der Waals surface area contributed by atoms with Crippen molar-refractivity contribution >= 4 is 17.3 Å². The van der Waals surface area contributed by atoms with Gasteiger partial charge < -0.3 is 10.1 Å². The van der Waals surface area contributed by atoms with Gasteiger partial charge in [-0.3, -0.25) is 0 Å². The second-order valence-electron chi connectivity index (χ2n) is 5.85. The number of hydrogen-bond donors (Lipinski definition) is 1. The molecule has 2 nitrogen and oxygen atoms in total. The molecule has 0 bridgehead atoms. The average molecular weight is 270 g/mol. The van der Waals surface area contributed by atoms with Gasteiger partial charge in [-0.05, 0) is 24.6 Å². The fourth-order valence-electron chi connectivity index (χ4n) is 3.43. The fraction of sp³-hybridized carbons (Fsp3) is 0.571. The average Bonchev–Trinajstić information content (AvgIpc) is 2.71. The summed E-state index contributed by atoms with van der Waals surface area (Å²) in [5, 5.41) is 3.84. The number of hydrogen-bond acceptors (Lipinski definition) is 2. The van der Waals surface area contributed by atoms with E-state index in [-0.39, 0.29) is 11.2 Å². The Morgan fingerprint density at radius 3 is 2.89 bits per heavy atom. The Bertz CT molecular complexity index is 457. The molecule has 1 saturated carbocycles. The van der Waals surface area contributed by atoms with Crippen LogP contribution in [-0.4, -0.2) is 18.8 Å². The lowest BCUT2D eigenvalue weighted by Gasteiger charge is -2.55. The van der Waals surface area contributed by atoms with Crippen molar-refractivity contribution in [2.24, 2.45) is 11.3 Å². The Morgan fingerprint density at radius 1 is 1.39 bits per heavy atom. The van der Waals surface area contributed by atoms with E-state index in [9.17, 15) is 4.39 Å². The molecule has 2 fully saturated rings. The Labute approximate surface area is 111 Å². The molecule has 3 rings (SSSR count). The van der Waals surface area contributed by atoms with Crippen LogP contribution in [-0.2, 0) is 4.74 Å². The molecule has 1 aromatic carbocycles. The summed E-state index contributed by atoms with van der Waals surface area (Å²) in [6.45, 7) is 5.22. The minimum absolute atomic E-state index is 0.0833. The highest BCUT2D eigenvalue weighted by atomic mass is 35.5. The molecule has 0 radical (unpaired) electrons. The van der Waals surface area contributed by atoms with Crippen LogP contribution in [0.25, 0.3) is 0 Å². The van der Waals surface area contributed by atoms with Crippen LogP contribution in [0, 0.1) is 17.2 Å². The molecule has 0 spiro atoms. The van der Waals surface area contributed by atoms with E-state index < -0.39 is 0 Å². The lowest BCUT2D eigenvalue weighted by molar-refractivity contribution is -0.0923. The standard InChI is InChI=1S/C14H17ClFNO/c1-14(2)12(11-3-4-18-13(11)14)17-10-6-8(15)5-9(16)7-10/h5-7,11-13,17H,3-4H2,1-2H3. The lowest BCUT2D eigenvalue weighted by atomic mass is 9.57. The maximum Gasteiger partial charge on any atom is 0.126 e. The van der Waals surface area contributed by atoms with Crippen LogP contribution in [0.1, 0.15) is 20.3 Å². The number of ether oxygens (including phenoxy) is 1. The van der Waals surface area contributed by atoms with E-state index in [2.05, 4.69) is 19.2 Å². The molecule has 1 saturated heterocycles. The molecule has 1 heterocycles. The van der Waals surface area contributed by atoms with Crippen molar-refractivity contribution in [1.82, 2.24) is 0 Å². The van der Waals surface area contributed by atoms with Gasteiger partial charge in [-0.1, -0.05) is 25.4 Å². The second-order valence-corrected chi connectivity index (χ2v) is 6.28. The molecular formula is C14H17ClFNO. The molecule has 2 aliphatic rings. The Balaban J connectivity index is 1.80. The van der Waals surface area contributed by atoms with E-state index in [1.807, 2.05) is 0 Å². The molecule has 4 heteroatoms. The predicted molar refractivity (Wildman–Crippen MR) is 70.4 cm³/mol. The second kappa shape index (κ2) is 4.10. The first-order valence-corrected chi connectivity index (χ1v) is 6.70. The Kier molecular flexibility index (Phi) is 2.79. The molecular weight excluding hydrogens is 253 g/mol. The highest BCUT2D eigenvalue weighted by Gasteiger charge is 2.59. The smallest absolute Gasteiger partial charge is 0.126 e. The van der Waals surface area contributed by atoms with Crippen LogP contribution in [0.4, 0.5) is 10.1 Å². The minimum Gasteiger partial charge on any atom is -0.381 e. The highest BCUT2D eigenvalue weighted by Crippen LogP contribution is 2.53. The number of halogens is 2. The normalized spacial score (nSPS) is 32.8. The third-order valence-corrected chi connectivity index (χ3v) is 4.50. The summed E-state index contributed by atoms with van der Waals surface area (Å²) in [5.74, 6) is 0.225. The monoisotopic (exact) mass is 269 g/mol. The van der Waals surface area contributed by atoms with Crippen molar-refractivity contribution in [1.29, 1.82) is 0 Å². The van der Waals surface area contributed by atoms with Gasteiger partial charge in [0.25, 0.3) is 0 Å². The summed E-state index contributed by atoms with van der Waals surface area (Å²) < 4.78 is 19.1. The molecule has 3 atom stereocenters. The van der Waals surface area contributed by atoms with Crippen LogP contribution in [0.2, 0.25) is 5.02 Å². The van der Waals surface area contributed by atoms with Crippen LogP contribution in [0.5, 0.6) is 0 Å². The molecule has 98 valence electrons. The van der Waals surface area contributed by atoms with Gasteiger partial charge in [-0.25, -0.2) is 4.39 Å². The lowest BCUT2D eigenvalue weighted by Crippen LogP contribution is -2.63. The van der Waals surface area contributed by atoms with Gasteiger partial charge in [-0.15, -0.1) is 0 Å². The van der Waals surface area contributed by atoms with Gasteiger partial charge in [0.2, 0.25) is 0 Å². The Hall–Kier alpha value is -0.800. The van der Waals surface area contributed by atoms with Gasteiger partial charge >= 0.3 is 0 Å². The quantitative estimate of drug-likeness (QED) is 0.884. The first-order valence-electron chi connectivity index (χ1n) is 6.33. The molecule has 1 N–H and O–H groups in total. The van der Waals surface area contributed by atoms with Gasteiger partial charge in [0, 0.05) is 34.7 Å². The summed E-state index contributed by atoms with van der Waals surface area (Å²) in [5.41, 5.74) is 0.836. The third kappa shape index (κ3) is 1.81. The van der Waals surface area contributed by atoms with E-state index >= 15 is 0 Å². The molecule has 3 unspecified atom stereocenters. The SMILES string of the molecule is CC1(C)C(Nc2cc(F)cc(Cl)c2)C2CCOC21. The highest BCUT2D eigenvalue weighted by molar-refractivity contribution is 6.30. The molecule has 18 heavy (non-hydrogen) atoms. The molecule has 1 aliphatic carbocycles. The molecule has 1 aromatic rings. The number of anilines is 1. The summed E-state index contributed by atoms with van der Waals surface area (Å²) in [6, 6.07) is 4.90. The van der Waals surface area contributed by atoms with Gasteiger partial charge in [-0.2, -0.15) is 0 Å². The molecule has 0 aromatic heterocycles. The summed E-state index contributed by atoms with van der Waals surface area (Å²) >= 11 is 5.87. The van der Waals surface area contributed by atoms with Gasteiger partial charge in [0.05, 0.1) is 6.10 Å². The van der Waals surface area contributed by atoms with E-state index in [1.165, 1.54) is 12.1 Å². The van der Waals surface area contributed by atoms with Crippen molar-refractivity contribution < 1.29 is 9.13 Å². The zero-order chi connectivity index (χ0) is 12.9. The van der Waals surface area contributed by atoms with Gasteiger partial charge in [0.15, 0.2) is 0 Å². The number of fused-ring (bicyclic) bond motifs is 1. The van der Waals surface area contributed by atoms with Crippen molar-refractivity contribution in [2.75, 3.05) is 11.9 Å². The first kappa shape index (κ1) is 12.2. The van der Waals surface area contributed by atoms with Crippen molar-refractivity contribution in [3.63, 3.8) is 0 Å². The molecule has 0 amide bonds. The zero-order valence-corrected chi connectivity index (χ0v) is 11.3. The topological polar surface area (TPSA) is 21.3 Å². The number of benzene rings is 1. The van der Waals surface area contributed by atoms with Crippen molar-refractivity contribution in [3.05, 3.63) is 29.0 Å². The van der Waals surface area contributed by atoms with E-state index in [1.54, 1.807) is 6.07 Å². The largest absolute Gasteiger partial charge is 0.381 e.